The summed E-state index contributed by atoms with van der Waals surface area (Å²) in [6.45, 7) is 1.93. The molecular weight excluding hydrogens is 418 g/mol. The van der Waals surface area contributed by atoms with Crippen molar-refractivity contribution < 1.29 is 32.6 Å². The Bertz CT molecular complexity index is 1010. The third-order valence-electron chi connectivity index (χ3n) is 5.17. The van der Waals surface area contributed by atoms with E-state index in [1.807, 2.05) is 0 Å². The van der Waals surface area contributed by atoms with Crippen LogP contribution in [0.5, 0.6) is 11.5 Å². The van der Waals surface area contributed by atoms with Crippen molar-refractivity contribution in [1.82, 2.24) is 0 Å². The molecule has 0 N–H and O–H groups in total. The molecule has 0 saturated heterocycles. The maximum absolute atomic E-state index is 14.1. The Morgan fingerprint density at radius 2 is 1.41 bits per heavy atom. The van der Waals surface area contributed by atoms with Crippen LogP contribution in [0.25, 0.3) is 12.2 Å². The van der Waals surface area contributed by atoms with E-state index >= 15 is 0 Å². The van der Waals surface area contributed by atoms with Gasteiger partial charge in [0.05, 0.1) is 26.7 Å². The minimum Gasteiger partial charge on any atom is -0.494 e. The van der Waals surface area contributed by atoms with Gasteiger partial charge in [0.1, 0.15) is 0 Å². The monoisotopic (exact) mass is 442 g/mol. The molecule has 1 aliphatic rings. The highest BCUT2D eigenvalue weighted by Gasteiger charge is 2.33. The number of allylic oxidation sites excluding steroid dienone is 2. The number of Topliss-reactive ketones (excluding diaryl/α,β-unsaturated/α-hetero) is 1. The molecule has 0 bridgehead atoms. The number of methoxy groups -OCH3 is 2. The number of ether oxygens (including phenoxy) is 3. The van der Waals surface area contributed by atoms with Crippen LogP contribution < -0.4 is 9.47 Å². The van der Waals surface area contributed by atoms with Gasteiger partial charge in [-0.25, -0.2) is 8.78 Å². The predicted molar refractivity (Wildman–Crippen MR) is 116 cm³/mol. The minimum atomic E-state index is -0.573. The van der Waals surface area contributed by atoms with Crippen molar-refractivity contribution in [3.05, 3.63) is 70.3 Å². The first-order valence-electron chi connectivity index (χ1n) is 10.2. The van der Waals surface area contributed by atoms with Crippen molar-refractivity contribution in [2.24, 2.45) is 5.92 Å². The van der Waals surface area contributed by atoms with Crippen molar-refractivity contribution in [2.75, 3.05) is 20.8 Å². The summed E-state index contributed by atoms with van der Waals surface area (Å²) in [6, 6.07) is 8.70. The Hall–Kier alpha value is -3.48. The van der Waals surface area contributed by atoms with Gasteiger partial charge in [0, 0.05) is 11.1 Å². The predicted octanol–water partition coefficient (Wildman–Crippen LogP) is 4.99. The van der Waals surface area contributed by atoms with Crippen LogP contribution in [0, 0.1) is 17.6 Å². The standard InChI is InChI=1S/C25H24F2O5/c1-4-32-25(29)19-13-17(9-15-5-7-22(30-2)20(26)11-15)24(28)18(14-19)10-16-6-8-23(31-3)21(27)12-16/h5-12,19H,4,13-14H2,1-3H3. The SMILES string of the molecule is CCOC(=O)C1CC(=Cc2ccc(OC)c(F)c2)C(=O)C(=Cc2ccc(OC)c(F)c2)C1. The van der Waals surface area contributed by atoms with Gasteiger partial charge in [0.15, 0.2) is 28.9 Å². The molecule has 0 spiro atoms. The molecule has 1 saturated carbocycles. The Morgan fingerprint density at radius 1 is 0.938 bits per heavy atom. The van der Waals surface area contributed by atoms with E-state index in [0.717, 1.165) is 0 Å². The molecule has 32 heavy (non-hydrogen) atoms. The van der Waals surface area contributed by atoms with Crippen molar-refractivity contribution in [2.45, 2.75) is 19.8 Å². The Balaban J connectivity index is 2.00. The third kappa shape index (κ3) is 5.22. The number of ketones is 1. The van der Waals surface area contributed by atoms with E-state index in [-0.39, 0.29) is 36.7 Å². The lowest BCUT2D eigenvalue weighted by atomic mass is 9.79. The van der Waals surface area contributed by atoms with E-state index < -0.39 is 23.5 Å². The second kappa shape index (κ2) is 10.2. The first-order chi connectivity index (χ1) is 15.4. The summed E-state index contributed by atoms with van der Waals surface area (Å²) in [7, 11) is 2.73. The minimum absolute atomic E-state index is 0.0913. The number of carbonyl (C=O) groups is 2. The lowest BCUT2D eigenvalue weighted by Gasteiger charge is -2.24. The highest BCUT2D eigenvalue weighted by molar-refractivity contribution is 6.14. The molecule has 0 unspecified atom stereocenters. The molecule has 5 nitrogen and oxygen atoms in total. The van der Waals surface area contributed by atoms with Crippen LogP contribution in [0.1, 0.15) is 30.9 Å². The zero-order valence-electron chi connectivity index (χ0n) is 18.1. The van der Waals surface area contributed by atoms with Crippen LogP contribution in [-0.2, 0) is 14.3 Å². The van der Waals surface area contributed by atoms with Crippen LogP contribution in [0.3, 0.4) is 0 Å². The summed E-state index contributed by atoms with van der Waals surface area (Å²) in [4.78, 5) is 25.6. The normalized spacial score (nSPS) is 18.7. The fourth-order valence-electron chi connectivity index (χ4n) is 3.62. The highest BCUT2D eigenvalue weighted by atomic mass is 19.1. The van der Waals surface area contributed by atoms with Crippen LogP contribution in [0.2, 0.25) is 0 Å². The van der Waals surface area contributed by atoms with Gasteiger partial charge in [0.2, 0.25) is 0 Å². The summed E-state index contributed by atoms with van der Waals surface area (Å²) >= 11 is 0. The van der Waals surface area contributed by atoms with E-state index in [9.17, 15) is 18.4 Å². The number of esters is 1. The maximum Gasteiger partial charge on any atom is 0.309 e. The smallest absolute Gasteiger partial charge is 0.309 e. The average Bonchev–Trinajstić information content (AvgIpc) is 2.77. The van der Waals surface area contributed by atoms with E-state index in [1.165, 1.54) is 38.5 Å². The van der Waals surface area contributed by atoms with Crippen molar-refractivity contribution >= 4 is 23.9 Å². The molecule has 168 valence electrons. The quantitative estimate of drug-likeness (QED) is 0.466. The number of benzene rings is 2. The van der Waals surface area contributed by atoms with Crippen LogP contribution >= 0.6 is 0 Å². The fraction of sp³-hybridized carbons (Fsp3) is 0.280. The molecule has 1 fully saturated rings. The average molecular weight is 442 g/mol. The second-order valence-electron chi connectivity index (χ2n) is 7.31. The number of halogens is 2. The van der Waals surface area contributed by atoms with E-state index in [2.05, 4.69) is 0 Å². The molecule has 1 aliphatic carbocycles. The van der Waals surface area contributed by atoms with Gasteiger partial charge < -0.3 is 14.2 Å². The second-order valence-corrected chi connectivity index (χ2v) is 7.31. The summed E-state index contributed by atoms with van der Waals surface area (Å²) in [5.74, 6) is -2.21. The van der Waals surface area contributed by atoms with Gasteiger partial charge in [0.25, 0.3) is 0 Å². The van der Waals surface area contributed by atoms with E-state index in [0.29, 0.717) is 22.3 Å². The first-order valence-corrected chi connectivity index (χ1v) is 10.2. The lowest BCUT2D eigenvalue weighted by molar-refractivity contribution is -0.148. The third-order valence-corrected chi connectivity index (χ3v) is 5.17. The van der Waals surface area contributed by atoms with Gasteiger partial charge in [-0.15, -0.1) is 0 Å². The van der Waals surface area contributed by atoms with Crippen LogP contribution in [-0.4, -0.2) is 32.6 Å². The Morgan fingerprint density at radius 3 is 1.78 bits per heavy atom. The summed E-state index contributed by atoms with van der Waals surface area (Å²) < 4.78 is 43.2. The number of carbonyl (C=O) groups excluding carboxylic acids is 2. The first kappa shape index (κ1) is 23.2. The van der Waals surface area contributed by atoms with Crippen molar-refractivity contribution in [3.8, 4) is 11.5 Å². The zero-order valence-corrected chi connectivity index (χ0v) is 18.1. The molecule has 0 heterocycles. The molecule has 7 heteroatoms. The maximum atomic E-state index is 14.1. The summed E-state index contributed by atoms with van der Waals surface area (Å²) in [6.07, 6.45) is 3.44. The van der Waals surface area contributed by atoms with Crippen LogP contribution in [0.4, 0.5) is 8.78 Å². The largest absolute Gasteiger partial charge is 0.494 e. The summed E-state index contributed by atoms with van der Waals surface area (Å²) in [5, 5.41) is 0. The fourth-order valence-corrected chi connectivity index (χ4v) is 3.62. The molecule has 0 amide bonds. The van der Waals surface area contributed by atoms with Gasteiger partial charge in [-0.1, -0.05) is 12.1 Å². The van der Waals surface area contributed by atoms with Gasteiger partial charge in [-0.05, 0) is 67.3 Å². The molecule has 0 atom stereocenters. The topological polar surface area (TPSA) is 61.8 Å². The molecule has 2 aromatic carbocycles. The van der Waals surface area contributed by atoms with Gasteiger partial charge >= 0.3 is 5.97 Å². The molecule has 0 radical (unpaired) electrons. The summed E-state index contributed by atoms with van der Waals surface area (Å²) in [5.41, 5.74) is 1.62. The zero-order chi connectivity index (χ0) is 23.3. The molecule has 2 aromatic rings. The number of rotatable bonds is 6. The van der Waals surface area contributed by atoms with Crippen molar-refractivity contribution in [3.63, 3.8) is 0 Å². The lowest BCUT2D eigenvalue weighted by Crippen LogP contribution is -2.27. The van der Waals surface area contributed by atoms with Crippen LogP contribution in [0.15, 0.2) is 47.5 Å². The molecule has 0 aliphatic heterocycles. The number of hydrogen-bond donors (Lipinski definition) is 0. The van der Waals surface area contributed by atoms with E-state index in [4.69, 9.17) is 14.2 Å². The van der Waals surface area contributed by atoms with Gasteiger partial charge in [-0.2, -0.15) is 0 Å². The van der Waals surface area contributed by atoms with E-state index in [1.54, 1.807) is 31.2 Å². The Kier molecular flexibility index (Phi) is 7.41. The molecular formula is C25H24F2O5. The molecule has 0 aromatic heterocycles. The Labute approximate surface area is 185 Å². The van der Waals surface area contributed by atoms with Crippen molar-refractivity contribution in [1.29, 1.82) is 0 Å². The van der Waals surface area contributed by atoms with Gasteiger partial charge in [-0.3, -0.25) is 9.59 Å². The highest BCUT2D eigenvalue weighted by Crippen LogP contribution is 2.34. The molecule has 3 rings (SSSR count). The number of hydrogen-bond acceptors (Lipinski definition) is 5.